The van der Waals surface area contributed by atoms with Crippen molar-refractivity contribution in [2.45, 2.75) is 19.5 Å². The van der Waals surface area contributed by atoms with Crippen LogP contribution in [0.2, 0.25) is 0 Å². The summed E-state index contributed by atoms with van der Waals surface area (Å²) >= 11 is 0. The molecular formula is C27H25N5O4S. The predicted octanol–water partition coefficient (Wildman–Crippen LogP) is 4.24. The van der Waals surface area contributed by atoms with E-state index in [9.17, 15) is 13.8 Å². The average molecular weight is 516 g/mol. The number of benzene rings is 3. The van der Waals surface area contributed by atoms with E-state index in [1.165, 1.54) is 0 Å². The van der Waals surface area contributed by atoms with Crippen LogP contribution in [0, 0.1) is 0 Å². The van der Waals surface area contributed by atoms with E-state index in [1.54, 1.807) is 47.6 Å². The molecule has 188 valence electrons. The average Bonchev–Trinajstić information content (AvgIpc) is 3.48. The number of nitrogens with zero attached hydrogens (tertiary/aromatic N) is 2. The van der Waals surface area contributed by atoms with E-state index in [4.69, 9.17) is 4.74 Å². The SMILES string of the molecule is CS(=O)Nc1ccc(CC(=O)N2Cc3[nH]nc(NC(=O)c4ccc(Oc5ccccc5)cc4)c3C2)cc1. The van der Waals surface area contributed by atoms with Gasteiger partial charge in [-0.25, -0.2) is 4.21 Å². The van der Waals surface area contributed by atoms with Crippen LogP contribution in [0.15, 0.2) is 78.9 Å². The normalized spacial score (nSPS) is 13.1. The molecule has 1 aromatic heterocycles. The molecule has 0 fully saturated rings. The zero-order chi connectivity index (χ0) is 25.8. The molecule has 9 nitrogen and oxygen atoms in total. The Morgan fingerprint density at radius 1 is 0.973 bits per heavy atom. The first-order valence-electron chi connectivity index (χ1n) is 11.6. The molecule has 1 atom stereocenters. The number of aromatic nitrogens is 2. The van der Waals surface area contributed by atoms with Crippen molar-refractivity contribution >= 4 is 34.3 Å². The Morgan fingerprint density at radius 3 is 2.38 bits per heavy atom. The van der Waals surface area contributed by atoms with Gasteiger partial charge in [-0.1, -0.05) is 30.3 Å². The summed E-state index contributed by atoms with van der Waals surface area (Å²) in [6, 6.07) is 23.5. The van der Waals surface area contributed by atoms with Gasteiger partial charge in [-0.15, -0.1) is 0 Å². The first kappa shape index (κ1) is 24.3. The lowest BCUT2D eigenvalue weighted by Gasteiger charge is -2.16. The highest BCUT2D eigenvalue weighted by atomic mass is 32.2. The number of rotatable bonds is 8. The Labute approximate surface area is 216 Å². The van der Waals surface area contributed by atoms with Gasteiger partial charge in [0.15, 0.2) is 5.82 Å². The van der Waals surface area contributed by atoms with Gasteiger partial charge in [0.25, 0.3) is 5.91 Å². The molecular weight excluding hydrogens is 490 g/mol. The molecule has 2 amide bonds. The van der Waals surface area contributed by atoms with E-state index < -0.39 is 11.0 Å². The van der Waals surface area contributed by atoms with Gasteiger partial charge < -0.3 is 19.7 Å². The minimum Gasteiger partial charge on any atom is -0.457 e. The standard InChI is InChI=1S/C27H25N5O4S/c1-37(35)31-20-11-7-18(8-12-20)15-25(33)32-16-23-24(17-32)29-30-26(23)28-27(34)19-9-13-22(14-10-19)36-21-5-3-2-4-6-21/h2-14,31H,15-17H2,1H3,(H2,28,29,30,34). The molecule has 0 aliphatic carbocycles. The maximum absolute atomic E-state index is 12.9. The molecule has 10 heteroatoms. The molecule has 4 aromatic rings. The zero-order valence-corrected chi connectivity index (χ0v) is 20.9. The summed E-state index contributed by atoms with van der Waals surface area (Å²) in [6.07, 6.45) is 1.80. The number of para-hydroxylation sites is 1. The van der Waals surface area contributed by atoms with E-state index >= 15 is 0 Å². The summed E-state index contributed by atoms with van der Waals surface area (Å²) in [5, 5.41) is 10.0. The number of carbonyl (C=O) groups is 2. The van der Waals surface area contributed by atoms with E-state index in [2.05, 4.69) is 20.2 Å². The lowest BCUT2D eigenvalue weighted by atomic mass is 10.1. The quantitative estimate of drug-likeness (QED) is 0.325. The van der Waals surface area contributed by atoms with Gasteiger partial charge in [0.1, 0.15) is 22.5 Å². The molecule has 1 aliphatic rings. The van der Waals surface area contributed by atoms with Gasteiger partial charge >= 0.3 is 0 Å². The Hall–Kier alpha value is -4.44. The Kier molecular flexibility index (Phi) is 7.00. The van der Waals surface area contributed by atoms with Crippen LogP contribution in [-0.4, -0.2) is 37.4 Å². The third kappa shape index (κ3) is 5.87. The molecule has 3 N–H and O–H groups in total. The van der Waals surface area contributed by atoms with Crippen molar-refractivity contribution in [2.24, 2.45) is 0 Å². The molecule has 0 spiro atoms. The summed E-state index contributed by atoms with van der Waals surface area (Å²) in [5.74, 6) is 1.43. The largest absolute Gasteiger partial charge is 0.457 e. The molecule has 0 radical (unpaired) electrons. The third-order valence-corrected chi connectivity index (χ3v) is 6.42. The van der Waals surface area contributed by atoms with Gasteiger partial charge in [0, 0.05) is 23.1 Å². The van der Waals surface area contributed by atoms with Crippen LogP contribution < -0.4 is 14.8 Å². The number of amides is 2. The van der Waals surface area contributed by atoms with Gasteiger partial charge in [0.2, 0.25) is 5.91 Å². The van der Waals surface area contributed by atoms with Gasteiger partial charge in [-0.3, -0.25) is 14.7 Å². The number of hydrogen-bond acceptors (Lipinski definition) is 5. The van der Waals surface area contributed by atoms with Crippen LogP contribution in [0.25, 0.3) is 0 Å². The first-order chi connectivity index (χ1) is 17.9. The van der Waals surface area contributed by atoms with Crippen molar-refractivity contribution < 1.29 is 18.5 Å². The van der Waals surface area contributed by atoms with Crippen LogP contribution in [0.4, 0.5) is 11.5 Å². The van der Waals surface area contributed by atoms with Crippen molar-refractivity contribution in [3.8, 4) is 11.5 Å². The maximum atomic E-state index is 12.9. The second kappa shape index (κ2) is 10.7. The third-order valence-electron chi connectivity index (χ3n) is 5.90. The smallest absolute Gasteiger partial charge is 0.256 e. The fourth-order valence-corrected chi connectivity index (χ4v) is 4.51. The van der Waals surface area contributed by atoms with Gasteiger partial charge in [-0.05, 0) is 54.1 Å². The minimum absolute atomic E-state index is 0.0318. The highest BCUT2D eigenvalue weighted by Gasteiger charge is 2.29. The predicted molar refractivity (Wildman–Crippen MR) is 142 cm³/mol. The number of hydrogen-bond donors (Lipinski definition) is 3. The van der Waals surface area contributed by atoms with Crippen LogP contribution in [0.5, 0.6) is 11.5 Å². The molecule has 5 rings (SSSR count). The lowest BCUT2D eigenvalue weighted by Crippen LogP contribution is -2.27. The first-order valence-corrected chi connectivity index (χ1v) is 13.2. The monoisotopic (exact) mass is 515 g/mol. The van der Waals surface area contributed by atoms with Crippen molar-refractivity contribution in [2.75, 3.05) is 16.3 Å². The number of H-pyrrole nitrogens is 1. The van der Waals surface area contributed by atoms with Crippen LogP contribution in [-0.2, 0) is 35.3 Å². The van der Waals surface area contributed by atoms with E-state index in [0.717, 1.165) is 22.5 Å². The Balaban J connectivity index is 1.18. The van der Waals surface area contributed by atoms with Crippen molar-refractivity contribution in [3.63, 3.8) is 0 Å². The molecule has 3 aromatic carbocycles. The molecule has 1 unspecified atom stereocenters. The van der Waals surface area contributed by atoms with Gasteiger partial charge in [0.05, 0.1) is 25.2 Å². The minimum atomic E-state index is -1.15. The fourth-order valence-electron chi connectivity index (χ4n) is 4.04. The zero-order valence-electron chi connectivity index (χ0n) is 20.1. The number of fused-ring (bicyclic) bond motifs is 1. The molecule has 0 saturated carbocycles. The number of anilines is 2. The van der Waals surface area contributed by atoms with Gasteiger partial charge in [-0.2, -0.15) is 5.10 Å². The Morgan fingerprint density at radius 2 is 1.68 bits per heavy atom. The Bertz CT molecular complexity index is 1440. The van der Waals surface area contributed by atoms with Crippen LogP contribution in [0.1, 0.15) is 27.2 Å². The molecule has 0 bridgehead atoms. The molecule has 0 saturated heterocycles. The molecule has 2 heterocycles. The second-order valence-corrected chi connectivity index (χ2v) is 9.71. The highest BCUT2D eigenvalue weighted by molar-refractivity contribution is 7.85. The van der Waals surface area contributed by atoms with Crippen molar-refractivity contribution in [3.05, 3.63) is 101 Å². The summed E-state index contributed by atoms with van der Waals surface area (Å²) in [4.78, 5) is 27.4. The number of carbonyl (C=O) groups excluding carboxylic acids is 2. The molecule has 1 aliphatic heterocycles. The van der Waals surface area contributed by atoms with Crippen molar-refractivity contribution in [1.29, 1.82) is 0 Å². The molecule has 37 heavy (non-hydrogen) atoms. The van der Waals surface area contributed by atoms with E-state index in [1.807, 2.05) is 42.5 Å². The maximum Gasteiger partial charge on any atom is 0.256 e. The highest BCUT2D eigenvalue weighted by Crippen LogP contribution is 2.28. The summed E-state index contributed by atoms with van der Waals surface area (Å²) in [5.41, 5.74) is 3.67. The summed E-state index contributed by atoms with van der Waals surface area (Å²) in [6.45, 7) is 0.760. The summed E-state index contributed by atoms with van der Waals surface area (Å²) in [7, 11) is -1.15. The van der Waals surface area contributed by atoms with Crippen LogP contribution in [0.3, 0.4) is 0 Å². The van der Waals surface area contributed by atoms with E-state index in [0.29, 0.717) is 36.0 Å². The van der Waals surface area contributed by atoms with Crippen LogP contribution >= 0.6 is 0 Å². The van der Waals surface area contributed by atoms with Crippen molar-refractivity contribution in [1.82, 2.24) is 15.1 Å². The second-order valence-electron chi connectivity index (χ2n) is 8.60. The number of aromatic amines is 1. The number of ether oxygens (including phenoxy) is 1. The number of nitrogens with one attached hydrogen (secondary N) is 3. The van der Waals surface area contributed by atoms with E-state index in [-0.39, 0.29) is 18.2 Å². The lowest BCUT2D eigenvalue weighted by molar-refractivity contribution is -0.131. The topological polar surface area (TPSA) is 116 Å². The fraction of sp³-hybridized carbons (Fsp3) is 0.148. The summed E-state index contributed by atoms with van der Waals surface area (Å²) < 4.78 is 19.9.